The normalized spacial score (nSPS) is 26.3. The van der Waals surface area contributed by atoms with Gasteiger partial charge in [0, 0.05) is 18.9 Å². The second-order valence-corrected chi connectivity index (χ2v) is 9.31. The lowest BCUT2D eigenvalue weighted by atomic mass is 9.78. The minimum atomic E-state index is -4.51. The summed E-state index contributed by atoms with van der Waals surface area (Å²) >= 11 is 0. The van der Waals surface area contributed by atoms with Crippen LogP contribution in [0, 0.1) is 11.3 Å². The van der Waals surface area contributed by atoms with Gasteiger partial charge in [0.2, 0.25) is 0 Å². The summed E-state index contributed by atoms with van der Waals surface area (Å²) in [5.74, 6) is -0.460. The number of carbonyl (C=O) groups excluding carboxylic acids is 1. The van der Waals surface area contributed by atoms with Crippen LogP contribution in [0.1, 0.15) is 47.9 Å². The van der Waals surface area contributed by atoms with E-state index in [9.17, 15) is 33.4 Å². The predicted octanol–water partition coefficient (Wildman–Crippen LogP) is 3.21. The number of carbonyl (C=O) groups is 1. The summed E-state index contributed by atoms with van der Waals surface area (Å²) in [6, 6.07) is 13.4. The summed E-state index contributed by atoms with van der Waals surface area (Å²) in [5.41, 5.74) is -1.23. The van der Waals surface area contributed by atoms with Crippen molar-refractivity contribution in [3.8, 4) is 6.07 Å². The van der Waals surface area contributed by atoms with Crippen LogP contribution >= 0.6 is 0 Å². The number of nitrogens with zero attached hydrogens (tertiary/aromatic N) is 1. The quantitative estimate of drug-likeness (QED) is 0.509. The molecule has 10 heteroatoms. The topological polar surface area (TPSA) is 112 Å². The molecule has 3 N–H and O–H groups in total. The number of hydrogen-bond acceptors (Lipinski definition) is 6. The minimum Gasteiger partial charge on any atom is -0.390 e. The van der Waals surface area contributed by atoms with Crippen LogP contribution in [0.5, 0.6) is 0 Å². The van der Waals surface area contributed by atoms with Crippen LogP contribution in [0.4, 0.5) is 13.2 Å². The first kappa shape index (κ1) is 26.1. The smallest absolute Gasteiger partial charge is 0.390 e. The van der Waals surface area contributed by atoms with Gasteiger partial charge >= 0.3 is 6.18 Å². The first-order valence-corrected chi connectivity index (χ1v) is 11.7. The average Bonchev–Trinajstić information content (AvgIpc) is 3.67. The Morgan fingerprint density at radius 3 is 2.56 bits per heavy atom. The molecule has 0 aliphatic heterocycles. The highest BCUT2D eigenvalue weighted by atomic mass is 19.4. The van der Waals surface area contributed by atoms with Crippen LogP contribution < -0.4 is 5.32 Å². The number of hydrogen-bond donors (Lipinski definition) is 3. The third-order valence-electron chi connectivity index (χ3n) is 6.53. The van der Waals surface area contributed by atoms with Gasteiger partial charge in [-0.15, -0.1) is 0 Å². The van der Waals surface area contributed by atoms with Crippen molar-refractivity contribution in [3.05, 3.63) is 70.8 Å². The Hall–Kier alpha value is -2.97. The molecule has 0 bridgehead atoms. The molecule has 4 rings (SSSR count). The Morgan fingerprint density at radius 2 is 1.86 bits per heavy atom. The first-order chi connectivity index (χ1) is 17.1. The molecule has 0 radical (unpaired) electrons. The van der Waals surface area contributed by atoms with Gasteiger partial charge in [0.25, 0.3) is 5.91 Å². The predicted molar refractivity (Wildman–Crippen MR) is 121 cm³/mol. The molecular weight excluding hydrogens is 477 g/mol. The van der Waals surface area contributed by atoms with Gasteiger partial charge < -0.3 is 25.0 Å². The highest BCUT2D eigenvalue weighted by Crippen LogP contribution is 2.37. The highest BCUT2D eigenvalue weighted by molar-refractivity contribution is 5.86. The second kappa shape index (κ2) is 10.6. The molecule has 192 valence electrons. The molecule has 36 heavy (non-hydrogen) atoms. The summed E-state index contributed by atoms with van der Waals surface area (Å²) in [5, 5.41) is 33.5. The lowest BCUT2D eigenvalue weighted by Gasteiger charge is -2.44. The maximum Gasteiger partial charge on any atom is 0.416 e. The van der Waals surface area contributed by atoms with E-state index in [-0.39, 0.29) is 37.7 Å². The minimum absolute atomic E-state index is 0.00200. The van der Waals surface area contributed by atoms with E-state index in [0.29, 0.717) is 11.1 Å². The maximum absolute atomic E-state index is 13.3. The van der Waals surface area contributed by atoms with Crippen LogP contribution in [-0.4, -0.2) is 46.1 Å². The molecule has 0 spiro atoms. The van der Waals surface area contributed by atoms with E-state index in [4.69, 9.17) is 9.47 Å². The van der Waals surface area contributed by atoms with Crippen molar-refractivity contribution in [1.82, 2.24) is 5.32 Å². The summed E-state index contributed by atoms with van der Waals surface area (Å²) < 4.78 is 51.0. The molecule has 0 saturated heterocycles. The van der Waals surface area contributed by atoms with E-state index in [0.717, 1.165) is 25.0 Å². The largest absolute Gasteiger partial charge is 0.416 e. The zero-order chi connectivity index (χ0) is 25.9. The Morgan fingerprint density at radius 1 is 1.11 bits per heavy atom. The third-order valence-corrected chi connectivity index (χ3v) is 6.53. The van der Waals surface area contributed by atoms with Gasteiger partial charge in [-0.2, -0.15) is 18.4 Å². The molecule has 2 saturated carbocycles. The fraction of sp³-hybridized carbons (Fsp3) is 0.462. The summed E-state index contributed by atoms with van der Waals surface area (Å²) in [6.07, 6.45) is -7.03. The van der Waals surface area contributed by atoms with Crippen molar-refractivity contribution in [1.29, 1.82) is 5.26 Å². The van der Waals surface area contributed by atoms with Gasteiger partial charge in [0.15, 0.2) is 5.60 Å². The van der Waals surface area contributed by atoms with E-state index < -0.39 is 41.6 Å². The first-order valence-electron chi connectivity index (χ1n) is 11.7. The van der Waals surface area contributed by atoms with Gasteiger partial charge in [-0.05, 0) is 42.2 Å². The number of benzene rings is 2. The number of halogens is 3. The number of ether oxygens (including phenoxy) is 2. The molecule has 2 aliphatic rings. The van der Waals surface area contributed by atoms with Crippen molar-refractivity contribution >= 4 is 5.91 Å². The van der Waals surface area contributed by atoms with E-state index in [2.05, 4.69) is 11.4 Å². The zero-order valence-electron chi connectivity index (χ0n) is 19.4. The van der Waals surface area contributed by atoms with E-state index in [1.165, 1.54) is 12.1 Å². The van der Waals surface area contributed by atoms with Gasteiger partial charge in [0.05, 0.1) is 42.6 Å². The summed E-state index contributed by atoms with van der Waals surface area (Å²) in [7, 11) is 0. The van der Waals surface area contributed by atoms with Crippen molar-refractivity contribution in [2.45, 2.75) is 75.0 Å². The molecule has 2 aliphatic carbocycles. The van der Waals surface area contributed by atoms with Crippen molar-refractivity contribution in [2.75, 3.05) is 0 Å². The SMILES string of the molecule is N#Cc1ccccc1CO[C@]1(C(=O)NC2CC2)CC(OCc2cccc(C(F)(F)F)c2)[C@H](O)[C@H](O)C1. The Balaban J connectivity index is 1.54. The third kappa shape index (κ3) is 6.05. The zero-order valence-corrected chi connectivity index (χ0v) is 19.4. The molecule has 1 unspecified atom stereocenters. The van der Waals surface area contributed by atoms with E-state index >= 15 is 0 Å². The number of rotatable bonds is 8. The lowest BCUT2D eigenvalue weighted by molar-refractivity contribution is -0.200. The van der Waals surface area contributed by atoms with Gasteiger partial charge in [0.1, 0.15) is 6.10 Å². The number of nitrogens with one attached hydrogen (secondary N) is 1. The Labute approximate surface area is 206 Å². The van der Waals surface area contributed by atoms with Crippen molar-refractivity contribution < 1.29 is 37.7 Å². The molecule has 7 nitrogen and oxygen atoms in total. The number of amides is 1. The summed E-state index contributed by atoms with van der Waals surface area (Å²) in [4.78, 5) is 13.3. The maximum atomic E-state index is 13.3. The number of aliphatic hydroxyl groups is 2. The van der Waals surface area contributed by atoms with Gasteiger partial charge in [-0.25, -0.2) is 0 Å². The van der Waals surface area contributed by atoms with E-state index in [1.54, 1.807) is 24.3 Å². The standard InChI is InChI=1S/C26H27F3N2O5/c27-26(28,29)19-7-3-4-16(10-19)14-35-22-12-25(11-21(32)23(22)33,24(34)31-20-8-9-20)36-15-18-6-2-1-5-17(18)13-30/h1-7,10,20-23,32-33H,8-9,11-12,14-15H2,(H,31,34)/t21-,22?,23-,25+/m1/s1. The Bertz CT molecular complexity index is 1130. The van der Waals surface area contributed by atoms with Crippen LogP contribution in [-0.2, 0) is 33.7 Å². The van der Waals surface area contributed by atoms with Crippen molar-refractivity contribution in [3.63, 3.8) is 0 Å². The molecule has 2 fully saturated rings. The van der Waals surface area contributed by atoms with Crippen LogP contribution in [0.15, 0.2) is 48.5 Å². The fourth-order valence-electron chi connectivity index (χ4n) is 4.32. The average molecular weight is 505 g/mol. The summed E-state index contributed by atoms with van der Waals surface area (Å²) in [6.45, 7) is -0.360. The highest BCUT2D eigenvalue weighted by Gasteiger charge is 2.52. The number of alkyl halides is 3. The monoisotopic (exact) mass is 504 g/mol. The van der Waals surface area contributed by atoms with Crippen LogP contribution in [0.25, 0.3) is 0 Å². The van der Waals surface area contributed by atoms with Crippen LogP contribution in [0.2, 0.25) is 0 Å². The molecule has 0 aromatic heterocycles. The number of aliphatic hydroxyl groups excluding tert-OH is 2. The molecule has 2 aromatic carbocycles. The molecular formula is C26H27F3N2O5. The van der Waals surface area contributed by atoms with E-state index in [1.807, 2.05) is 0 Å². The molecule has 4 atom stereocenters. The molecule has 0 heterocycles. The fourth-order valence-corrected chi connectivity index (χ4v) is 4.32. The van der Waals surface area contributed by atoms with Crippen LogP contribution in [0.3, 0.4) is 0 Å². The Kier molecular flexibility index (Phi) is 7.66. The van der Waals surface area contributed by atoms with Gasteiger partial charge in [-0.3, -0.25) is 4.79 Å². The second-order valence-electron chi connectivity index (χ2n) is 9.31. The van der Waals surface area contributed by atoms with Gasteiger partial charge in [-0.1, -0.05) is 30.3 Å². The molecule has 1 amide bonds. The van der Waals surface area contributed by atoms with Crippen molar-refractivity contribution in [2.24, 2.45) is 0 Å². The lowest BCUT2D eigenvalue weighted by Crippen LogP contribution is -2.60. The number of nitriles is 1. The molecule has 2 aromatic rings.